The summed E-state index contributed by atoms with van der Waals surface area (Å²) in [7, 11) is 0. The Labute approximate surface area is 189 Å². The van der Waals surface area contributed by atoms with Crippen molar-refractivity contribution in [2.45, 2.75) is 25.9 Å². The molecular weight excluding hydrogens is 418 g/mol. The average molecular weight is 439 g/mol. The standard InChI is InChI=1S/C25H21N5O3/c31-23-13-14-24(32)29(23)15-17-7-11-20(12-8-17)26-25(33)19-9-5-18(6-10-19)16-30-22-4-2-1-3-21(22)27-28-30/h1-12H,13-16H2,(H,26,33). The summed E-state index contributed by atoms with van der Waals surface area (Å²) >= 11 is 0. The number of hydrogen-bond acceptors (Lipinski definition) is 5. The maximum Gasteiger partial charge on any atom is 0.255 e. The van der Waals surface area contributed by atoms with E-state index in [2.05, 4.69) is 15.6 Å². The number of rotatable bonds is 6. The van der Waals surface area contributed by atoms with Gasteiger partial charge in [0.05, 0.1) is 18.6 Å². The van der Waals surface area contributed by atoms with E-state index in [1.165, 1.54) is 4.90 Å². The van der Waals surface area contributed by atoms with Gasteiger partial charge in [-0.2, -0.15) is 0 Å². The van der Waals surface area contributed by atoms with Crippen LogP contribution in [0.25, 0.3) is 11.0 Å². The van der Waals surface area contributed by atoms with E-state index < -0.39 is 0 Å². The molecule has 3 aromatic carbocycles. The number of aromatic nitrogens is 3. The van der Waals surface area contributed by atoms with E-state index in [0.29, 0.717) is 17.8 Å². The van der Waals surface area contributed by atoms with Gasteiger partial charge >= 0.3 is 0 Å². The lowest BCUT2D eigenvalue weighted by Crippen LogP contribution is -2.28. The Kier molecular flexibility index (Phi) is 5.40. The molecular formula is C25H21N5O3. The lowest BCUT2D eigenvalue weighted by molar-refractivity contribution is -0.139. The summed E-state index contributed by atoms with van der Waals surface area (Å²) in [4.78, 5) is 37.4. The number of nitrogens with zero attached hydrogens (tertiary/aromatic N) is 4. The molecule has 1 saturated heterocycles. The minimum absolute atomic E-state index is 0.141. The van der Waals surface area contributed by atoms with E-state index in [-0.39, 0.29) is 37.1 Å². The SMILES string of the molecule is O=C(Nc1ccc(CN2C(=O)CCC2=O)cc1)c1ccc(Cn2nnc3ccccc32)cc1. The zero-order valence-corrected chi connectivity index (χ0v) is 17.8. The van der Waals surface area contributed by atoms with E-state index >= 15 is 0 Å². The van der Waals surface area contributed by atoms with Crippen LogP contribution in [0, 0.1) is 0 Å². The van der Waals surface area contributed by atoms with Gasteiger partial charge in [-0.1, -0.05) is 41.6 Å². The van der Waals surface area contributed by atoms with Crippen LogP contribution in [0.15, 0.2) is 72.8 Å². The highest BCUT2D eigenvalue weighted by atomic mass is 16.2. The Balaban J connectivity index is 1.21. The third kappa shape index (κ3) is 4.36. The number of anilines is 1. The van der Waals surface area contributed by atoms with E-state index in [1.54, 1.807) is 36.4 Å². The number of para-hydroxylation sites is 1. The van der Waals surface area contributed by atoms with Crippen molar-refractivity contribution in [1.82, 2.24) is 19.9 Å². The molecule has 4 aromatic rings. The predicted octanol–water partition coefficient (Wildman–Crippen LogP) is 3.38. The third-order valence-corrected chi connectivity index (χ3v) is 5.68. The molecule has 0 saturated carbocycles. The molecule has 8 nitrogen and oxygen atoms in total. The van der Waals surface area contributed by atoms with Crippen molar-refractivity contribution in [1.29, 1.82) is 0 Å². The Morgan fingerprint density at radius 3 is 2.18 bits per heavy atom. The number of amides is 3. The number of benzene rings is 3. The monoisotopic (exact) mass is 439 g/mol. The van der Waals surface area contributed by atoms with Crippen molar-refractivity contribution < 1.29 is 14.4 Å². The number of nitrogens with one attached hydrogen (secondary N) is 1. The largest absolute Gasteiger partial charge is 0.322 e. The van der Waals surface area contributed by atoms with Gasteiger partial charge in [0, 0.05) is 24.1 Å². The minimum atomic E-state index is -0.217. The van der Waals surface area contributed by atoms with Crippen LogP contribution in [0.1, 0.15) is 34.3 Å². The van der Waals surface area contributed by atoms with Crippen LogP contribution in [-0.2, 0) is 22.7 Å². The van der Waals surface area contributed by atoms with Crippen LogP contribution in [-0.4, -0.2) is 37.6 Å². The zero-order chi connectivity index (χ0) is 22.8. The van der Waals surface area contributed by atoms with Gasteiger partial charge in [-0.25, -0.2) is 4.68 Å². The third-order valence-electron chi connectivity index (χ3n) is 5.68. The van der Waals surface area contributed by atoms with Crippen molar-refractivity contribution in [3.63, 3.8) is 0 Å². The van der Waals surface area contributed by atoms with Gasteiger partial charge in [-0.05, 0) is 47.5 Å². The lowest BCUT2D eigenvalue weighted by atomic mass is 10.1. The molecule has 3 amide bonds. The first-order valence-corrected chi connectivity index (χ1v) is 10.7. The highest BCUT2D eigenvalue weighted by molar-refractivity contribution is 6.04. The van der Waals surface area contributed by atoms with Crippen molar-refractivity contribution in [3.05, 3.63) is 89.5 Å². The van der Waals surface area contributed by atoms with Crippen molar-refractivity contribution in [2.24, 2.45) is 0 Å². The van der Waals surface area contributed by atoms with Crippen LogP contribution in [0.4, 0.5) is 5.69 Å². The zero-order valence-electron chi connectivity index (χ0n) is 17.8. The summed E-state index contributed by atoms with van der Waals surface area (Å²) in [6, 6.07) is 22.3. The van der Waals surface area contributed by atoms with Gasteiger partial charge in [-0.3, -0.25) is 19.3 Å². The second-order valence-corrected chi connectivity index (χ2v) is 7.96. The van der Waals surface area contributed by atoms with E-state index in [4.69, 9.17) is 0 Å². The fourth-order valence-corrected chi connectivity index (χ4v) is 3.85. The number of carbonyl (C=O) groups is 3. The first-order valence-electron chi connectivity index (χ1n) is 10.7. The van der Waals surface area contributed by atoms with Crippen molar-refractivity contribution in [2.75, 3.05) is 5.32 Å². The molecule has 0 bridgehead atoms. The quantitative estimate of drug-likeness (QED) is 0.465. The fraction of sp³-hybridized carbons (Fsp3) is 0.160. The maximum atomic E-state index is 12.6. The molecule has 0 unspecified atom stereocenters. The van der Waals surface area contributed by atoms with Gasteiger partial charge in [0.1, 0.15) is 5.52 Å². The molecule has 0 radical (unpaired) electrons. The summed E-state index contributed by atoms with van der Waals surface area (Å²) in [6.07, 6.45) is 0.558. The molecule has 1 N–H and O–H groups in total. The number of carbonyl (C=O) groups excluding carboxylic acids is 3. The molecule has 1 fully saturated rings. The molecule has 1 aromatic heterocycles. The summed E-state index contributed by atoms with van der Waals surface area (Å²) in [5.41, 5.74) is 4.83. The van der Waals surface area contributed by atoms with Gasteiger partial charge in [0.2, 0.25) is 11.8 Å². The Hall–Kier alpha value is -4.33. The average Bonchev–Trinajstić information content (AvgIpc) is 3.39. The number of hydrogen-bond donors (Lipinski definition) is 1. The van der Waals surface area contributed by atoms with Crippen molar-refractivity contribution >= 4 is 34.4 Å². The smallest absolute Gasteiger partial charge is 0.255 e. The summed E-state index contributed by atoms with van der Waals surface area (Å²) in [6.45, 7) is 0.820. The van der Waals surface area contributed by atoms with Gasteiger partial charge in [-0.15, -0.1) is 5.10 Å². The summed E-state index contributed by atoms with van der Waals surface area (Å²) < 4.78 is 1.83. The van der Waals surface area contributed by atoms with Gasteiger partial charge < -0.3 is 5.32 Å². The molecule has 0 atom stereocenters. The molecule has 33 heavy (non-hydrogen) atoms. The van der Waals surface area contributed by atoms with Crippen LogP contribution >= 0.6 is 0 Å². The second kappa shape index (κ2) is 8.66. The number of imide groups is 1. The molecule has 164 valence electrons. The molecule has 0 aliphatic carbocycles. The normalized spacial score (nSPS) is 13.6. The Morgan fingerprint density at radius 1 is 0.818 bits per heavy atom. The molecule has 5 rings (SSSR count). The highest BCUT2D eigenvalue weighted by Crippen LogP contribution is 2.18. The Bertz CT molecular complexity index is 1330. The minimum Gasteiger partial charge on any atom is -0.322 e. The first-order chi connectivity index (χ1) is 16.1. The number of fused-ring (bicyclic) bond motifs is 1. The van der Waals surface area contributed by atoms with E-state index in [1.807, 2.05) is 41.1 Å². The van der Waals surface area contributed by atoms with Gasteiger partial charge in [0.15, 0.2) is 0 Å². The lowest BCUT2D eigenvalue weighted by Gasteiger charge is -2.14. The van der Waals surface area contributed by atoms with Gasteiger partial charge in [0.25, 0.3) is 5.91 Å². The van der Waals surface area contributed by atoms with E-state index in [9.17, 15) is 14.4 Å². The molecule has 0 spiro atoms. The molecule has 1 aliphatic rings. The van der Waals surface area contributed by atoms with Crippen LogP contribution in [0.2, 0.25) is 0 Å². The maximum absolute atomic E-state index is 12.6. The number of likely N-dealkylation sites (tertiary alicyclic amines) is 1. The van der Waals surface area contributed by atoms with Crippen molar-refractivity contribution in [3.8, 4) is 0 Å². The van der Waals surface area contributed by atoms with Crippen LogP contribution in [0.5, 0.6) is 0 Å². The summed E-state index contributed by atoms with van der Waals surface area (Å²) in [5, 5.41) is 11.2. The highest BCUT2D eigenvalue weighted by Gasteiger charge is 2.28. The second-order valence-electron chi connectivity index (χ2n) is 7.96. The van der Waals surface area contributed by atoms with E-state index in [0.717, 1.165) is 22.2 Å². The predicted molar refractivity (Wildman–Crippen MR) is 122 cm³/mol. The van der Waals surface area contributed by atoms with Crippen LogP contribution in [0.3, 0.4) is 0 Å². The summed E-state index contributed by atoms with van der Waals surface area (Å²) in [5.74, 6) is -0.499. The van der Waals surface area contributed by atoms with Crippen LogP contribution < -0.4 is 5.32 Å². The molecule has 2 heterocycles. The fourth-order valence-electron chi connectivity index (χ4n) is 3.85. The topological polar surface area (TPSA) is 97.2 Å². The first kappa shape index (κ1) is 20.6. The molecule has 1 aliphatic heterocycles. The Morgan fingerprint density at radius 2 is 1.45 bits per heavy atom. The molecule has 8 heteroatoms.